The Kier molecular flexibility index (Phi) is 6.39. The van der Waals surface area contributed by atoms with Crippen LogP contribution in [0.25, 0.3) is 5.82 Å². The summed E-state index contributed by atoms with van der Waals surface area (Å²) in [5.74, 6) is 2.34. The van der Waals surface area contributed by atoms with Crippen LogP contribution in [0.2, 0.25) is 0 Å². The molecule has 4 rings (SSSR count). The smallest absolute Gasteiger partial charge is 0.254 e. The SMILES string of the molecule is COc1cc(C(=O)N2CCC(Oc3ccc(-n4cccn4)nn3)CC2)cc(OC)c1OC. The summed E-state index contributed by atoms with van der Waals surface area (Å²) < 4.78 is 23.6. The van der Waals surface area contributed by atoms with Gasteiger partial charge in [-0.2, -0.15) is 5.10 Å². The van der Waals surface area contributed by atoms with Crippen LogP contribution in [-0.2, 0) is 0 Å². The maximum absolute atomic E-state index is 13.1. The molecule has 0 atom stereocenters. The molecule has 1 aliphatic heterocycles. The summed E-state index contributed by atoms with van der Waals surface area (Å²) in [6.07, 6.45) is 4.83. The quantitative estimate of drug-likeness (QED) is 0.553. The summed E-state index contributed by atoms with van der Waals surface area (Å²) in [7, 11) is 4.58. The maximum atomic E-state index is 13.1. The van der Waals surface area contributed by atoms with Gasteiger partial charge in [0.15, 0.2) is 17.3 Å². The van der Waals surface area contributed by atoms with E-state index in [4.69, 9.17) is 18.9 Å². The van der Waals surface area contributed by atoms with Gasteiger partial charge in [-0.05, 0) is 24.3 Å². The van der Waals surface area contributed by atoms with Crippen molar-refractivity contribution in [3.8, 4) is 28.9 Å². The third-order valence-electron chi connectivity index (χ3n) is 5.29. The van der Waals surface area contributed by atoms with Gasteiger partial charge in [0, 0.05) is 50.0 Å². The Morgan fingerprint density at radius 2 is 1.72 bits per heavy atom. The second kappa shape index (κ2) is 9.54. The fourth-order valence-corrected chi connectivity index (χ4v) is 3.64. The number of amides is 1. The molecule has 0 bridgehead atoms. The zero-order valence-electron chi connectivity index (χ0n) is 18.2. The highest BCUT2D eigenvalue weighted by Gasteiger charge is 2.27. The summed E-state index contributed by atoms with van der Waals surface area (Å²) in [4.78, 5) is 14.9. The fourth-order valence-electron chi connectivity index (χ4n) is 3.64. The lowest BCUT2D eigenvalue weighted by molar-refractivity contribution is 0.0585. The maximum Gasteiger partial charge on any atom is 0.254 e. The standard InChI is InChI=1S/C22H25N5O5/c1-29-17-13-15(14-18(30-2)21(17)31-3)22(28)26-11-7-16(8-12-26)32-20-6-5-19(24-25-20)27-10-4-9-23-27/h4-6,9-10,13-14,16H,7-8,11-12H2,1-3H3. The van der Waals surface area contributed by atoms with Crippen LogP contribution in [0.5, 0.6) is 23.1 Å². The molecule has 3 heterocycles. The van der Waals surface area contributed by atoms with Crippen molar-refractivity contribution in [1.82, 2.24) is 24.9 Å². The van der Waals surface area contributed by atoms with Crippen LogP contribution in [0.1, 0.15) is 23.2 Å². The van der Waals surface area contributed by atoms with E-state index in [1.165, 1.54) is 21.3 Å². The molecule has 1 aliphatic rings. The zero-order valence-corrected chi connectivity index (χ0v) is 18.2. The molecule has 1 fully saturated rings. The van der Waals surface area contributed by atoms with Crippen molar-refractivity contribution in [3.05, 3.63) is 48.3 Å². The monoisotopic (exact) mass is 439 g/mol. The molecule has 0 spiro atoms. The summed E-state index contributed by atoms with van der Waals surface area (Å²) in [5, 5.41) is 12.4. The first-order chi connectivity index (χ1) is 15.6. The number of methoxy groups -OCH3 is 3. The van der Waals surface area contributed by atoms with Gasteiger partial charge in [-0.1, -0.05) is 0 Å². The third-order valence-corrected chi connectivity index (χ3v) is 5.29. The van der Waals surface area contributed by atoms with Crippen LogP contribution in [0.3, 0.4) is 0 Å². The predicted molar refractivity (Wildman–Crippen MR) is 115 cm³/mol. The summed E-state index contributed by atoms with van der Waals surface area (Å²) in [6.45, 7) is 1.14. The van der Waals surface area contributed by atoms with E-state index in [1.54, 1.807) is 46.2 Å². The number of likely N-dealkylation sites (tertiary alicyclic amines) is 1. The number of benzene rings is 1. The number of aromatic nitrogens is 4. The van der Waals surface area contributed by atoms with Gasteiger partial charge < -0.3 is 23.8 Å². The Hall–Kier alpha value is -3.82. The molecule has 0 N–H and O–H groups in total. The van der Waals surface area contributed by atoms with E-state index in [0.717, 1.165) is 0 Å². The van der Waals surface area contributed by atoms with Crippen molar-refractivity contribution >= 4 is 5.91 Å². The predicted octanol–water partition coefficient (Wildman–Crippen LogP) is 2.37. The van der Waals surface area contributed by atoms with Crippen molar-refractivity contribution in [3.63, 3.8) is 0 Å². The van der Waals surface area contributed by atoms with Crippen molar-refractivity contribution < 1.29 is 23.7 Å². The number of nitrogens with zero attached hydrogens (tertiary/aromatic N) is 5. The molecular formula is C22H25N5O5. The molecule has 1 amide bonds. The van der Waals surface area contributed by atoms with Crippen LogP contribution in [0.4, 0.5) is 0 Å². The van der Waals surface area contributed by atoms with E-state index in [-0.39, 0.29) is 12.0 Å². The summed E-state index contributed by atoms with van der Waals surface area (Å²) >= 11 is 0. The van der Waals surface area contributed by atoms with Crippen molar-refractivity contribution in [2.24, 2.45) is 0 Å². The van der Waals surface area contributed by atoms with Gasteiger partial charge >= 0.3 is 0 Å². The third kappa shape index (κ3) is 4.43. The molecule has 3 aromatic rings. The summed E-state index contributed by atoms with van der Waals surface area (Å²) in [5.41, 5.74) is 0.485. The summed E-state index contributed by atoms with van der Waals surface area (Å²) in [6, 6.07) is 8.74. The van der Waals surface area contributed by atoms with Gasteiger partial charge in [0.1, 0.15) is 6.10 Å². The Morgan fingerprint density at radius 3 is 2.25 bits per heavy atom. The molecule has 10 nitrogen and oxygen atoms in total. The van der Waals surface area contributed by atoms with E-state index in [0.29, 0.717) is 60.4 Å². The van der Waals surface area contributed by atoms with E-state index in [2.05, 4.69) is 15.3 Å². The molecular weight excluding hydrogens is 414 g/mol. The molecule has 2 aromatic heterocycles. The molecule has 0 aliphatic carbocycles. The van der Waals surface area contributed by atoms with Gasteiger partial charge in [-0.25, -0.2) is 4.68 Å². The van der Waals surface area contributed by atoms with Gasteiger partial charge in [-0.15, -0.1) is 10.2 Å². The second-order valence-electron chi connectivity index (χ2n) is 7.20. The first-order valence-electron chi connectivity index (χ1n) is 10.2. The lowest BCUT2D eigenvalue weighted by atomic mass is 10.1. The number of piperidine rings is 1. The normalized spacial score (nSPS) is 14.2. The topological polar surface area (TPSA) is 101 Å². The number of carbonyl (C=O) groups excluding carboxylic acids is 1. The second-order valence-corrected chi connectivity index (χ2v) is 7.20. The lowest BCUT2D eigenvalue weighted by Gasteiger charge is -2.32. The Balaban J connectivity index is 1.37. The molecule has 1 aromatic carbocycles. The molecule has 1 saturated heterocycles. The van der Waals surface area contributed by atoms with Crippen LogP contribution in [-0.4, -0.2) is 71.3 Å². The first-order valence-corrected chi connectivity index (χ1v) is 10.2. The minimum atomic E-state index is -0.0916. The number of ether oxygens (including phenoxy) is 4. The molecule has 0 unspecified atom stereocenters. The van der Waals surface area contributed by atoms with E-state index >= 15 is 0 Å². The first kappa shape index (κ1) is 21.4. The Labute approximate surface area is 185 Å². The minimum absolute atomic E-state index is 0.0381. The van der Waals surface area contributed by atoms with Gasteiger partial charge in [0.05, 0.1) is 21.3 Å². The largest absolute Gasteiger partial charge is 0.493 e. The average molecular weight is 439 g/mol. The molecule has 10 heteroatoms. The minimum Gasteiger partial charge on any atom is -0.493 e. The van der Waals surface area contributed by atoms with Crippen molar-refractivity contribution in [2.45, 2.75) is 18.9 Å². The van der Waals surface area contributed by atoms with Gasteiger partial charge in [0.2, 0.25) is 11.6 Å². The average Bonchev–Trinajstić information content (AvgIpc) is 3.38. The Morgan fingerprint density at radius 1 is 1.00 bits per heavy atom. The van der Waals surface area contributed by atoms with Crippen LogP contribution >= 0.6 is 0 Å². The van der Waals surface area contributed by atoms with Crippen molar-refractivity contribution in [1.29, 1.82) is 0 Å². The highest BCUT2D eigenvalue weighted by Crippen LogP contribution is 2.38. The zero-order chi connectivity index (χ0) is 22.5. The molecule has 0 saturated carbocycles. The fraction of sp³-hybridized carbons (Fsp3) is 0.364. The number of hydrogen-bond donors (Lipinski definition) is 0. The number of rotatable bonds is 7. The van der Waals surface area contributed by atoms with E-state index in [1.807, 2.05) is 6.07 Å². The van der Waals surface area contributed by atoms with E-state index < -0.39 is 0 Å². The molecule has 0 radical (unpaired) electrons. The molecule has 32 heavy (non-hydrogen) atoms. The van der Waals surface area contributed by atoms with Crippen LogP contribution in [0, 0.1) is 0 Å². The van der Waals surface area contributed by atoms with Crippen molar-refractivity contribution in [2.75, 3.05) is 34.4 Å². The van der Waals surface area contributed by atoms with E-state index in [9.17, 15) is 4.79 Å². The van der Waals surface area contributed by atoms with Crippen LogP contribution < -0.4 is 18.9 Å². The number of carbonyl (C=O) groups is 1. The lowest BCUT2D eigenvalue weighted by Crippen LogP contribution is -2.41. The highest BCUT2D eigenvalue weighted by molar-refractivity contribution is 5.95. The van der Waals surface area contributed by atoms with Crippen LogP contribution in [0.15, 0.2) is 42.7 Å². The van der Waals surface area contributed by atoms with Gasteiger partial charge in [0.25, 0.3) is 5.91 Å². The number of hydrogen-bond acceptors (Lipinski definition) is 8. The molecule has 168 valence electrons. The Bertz CT molecular complexity index is 1020. The highest BCUT2D eigenvalue weighted by atomic mass is 16.5. The van der Waals surface area contributed by atoms with Gasteiger partial charge in [-0.3, -0.25) is 4.79 Å².